The molecule has 1 heterocycles. The number of benzene rings is 2. The van der Waals surface area contributed by atoms with Gasteiger partial charge >= 0.3 is 12.1 Å². The van der Waals surface area contributed by atoms with E-state index in [1.807, 2.05) is 24.3 Å². The SMILES string of the molecule is O=C(OCC1c2ccccc2-c2ccccc21)N1CC[C@@H]2CC[C@@]21C(=O)O. The molecule has 1 amide bonds. The topological polar surface area (TPSA) is 66.8 Å². The molecule has 2 aromatic rings. The first-order valence-electron chi connectivity index (χ1n) is 9.49. The highest BCUT2D eigenvalue weighted by molar-refractivity contribution is 5.87. The van der Waals surface area contributed by atoms with Crippen LogP contribution in [0.3, 0.4) is 0 Å². The fourth-order valence-electron chi connectivity index (χ4n) is 5.17. The molecule has 0 radical (unpaired) electrons. The molecule has 2 aromatic carbocycles. The Morgan fingerprint density at radius 1 is 1.04 bits per heavy atom. The maximum absolute atomic E-state index is 12.8. The van der Waals surface area contributed by atoms with Crippen molar-refractivity contribution >= 4 is 12.1 Å². The lowest BCUT2D eigenvalue weighted by atomic mass is 9.67. The molecule has 5 rings (SSSR count). The van der Waals surface area contributed by atoms with Crippen LogP contribution in [-0.2, 0) is 9.53 Å². The highest BCUT2D eigenvalue weighted by atomic mass is 16.6. The first kappa shape index (κ1) is 16.4. The lowest BCUT2D eigenvalue weighted by molar-refractivity contribution is -0.157. The second-order valence-corrected chi connectivity index (χ2v) is 7.71. The lowest BCUT2D eigenvalue weighted by Gasteiger charge is -2.45. The summed E-state index contributed by atoms with van der Waals surface area (Å²) in [5.41, 5.74) is 3.63. The third-order valence-electron chi connectivity index (χ3n) is 6.66. The summed E-state index contributed by atoms with van der Waals surface area (Å²) in [7, 11) is 0. The molecule has 27 heavy (non-hydrogen) atoms. The van der Waals surface area contributed by atoms with Crippen molar-refractivity contribution in [3.63, 3.8) is 0 Å². The van der Waals surface area contributed by atoms with Crippen LogP contribution in [0.15, 0.2) is 48.5 Å². The maximum atomic E-state index is 12.8. The molecule has 1 N–H and O–H groups in total. The number of fused-ring (bicyclic) bond motifs is 4. The van der Waals surface area contributed by atoms with Crippen LogP contribution in [0.5, 0.6) is 0 Å². The summed E-state index contributed by atoms with van der Waals surface area (Å²) in [4.78, 5) is 26.1. The zero-order chi connectivity index (χ0) is 18.6. The van der Waals surface area contributed by atoms with Crippen LogP contribution < -0.4 is 0 Å². The summed E-state index contributed by atoms with van der Waals surface area (Å²) in [6, 6.07) is 16.4. The number of carbonyl (C=O) groups excluding carboxylic acids is 1. The number of carbonyl (C=O) groups is 2. The Bertz CT molecular complexity index is 894. The van der Waals surface area contributed by atoms with Crippen LogP contribution >= 0.6 is 0 Å². The molecular weight excluding hydrogens is 342 g/mol. The Morgan fingerprint density at radius 2 is 1.67 bits per heavy atom. The molecule has 3 aliphatic rings. The minimum absolute atomic E-state index is 0.0121. The summed E-state index contributed by atoms with van der Waals surface area (Å²) in [5, 5.41) is 9.70. The highest BCUT2D eigenvalue weighted by Crippen LogP contribution is 2.51. The average molecular weight is 363 g/mol. The molecule has 5 heteroatoms. The Morgan fingerprint density at radius 3 is 2.22 bits per heavy atom. The van der Waals surface area contributed by atoms with Crippen molar-refractivity contribution in [2.75, 3.05) is 13.2 Å². The van der Waals surface area contributed by atoms with Gasteiger partial charge in [0.05, 0.1) is 0 Å². The summed E-state index contributed by atoms with van der Waals surface area (Å²) >= 11 is 0. The van der Waals surface area contributed by atoms with Crippen LogP contribution in [0.1, 0.15) is 36.3 Å². The molecule has 138 valence electrons. The number of carboxylic acid groups (broad SMARTS) is 1. The van der Waals surface area contributed by atoms with Gasteiger partial charge in [0.15, 0.2) is 0 Å². The second-order valence-electron chi connectivity index (χ2n) is 7.71. The maximum Gasteiger partial charge on any atom is 0.410 e. The first-order chi connectivity index (χ1) is 13.1. The molecule has 2 atom stereocenters. The second kappa shape index (κ2) is 5.84. The van der Waals surface area contributed by atoms with E-state index >= 15 is 0 Å². The van der Waals surface area contributed by atoms with Crippen LogP contribution in [0, 0.1) is 5.92 Å². The van der Waals surface area contributed by atoms with E-state index in [0.29, 0.717) is 13.0 Å². The summed E-state index contributed by atoms with van der Waals surface area (Å²) in [5.74, 6) is -0.845. The van der Waals surface area contributed by atoms with E-state index in [-0.39, 0.29) is 18.4 Å². The van der Waals surface area contributed by atoms with Gasteiger partial charge < -0.3 is 9.84 Å². The predicted molar refractivity (Wildman–Crippen MR) is 99.5 cm³/mol. The molecule has 0 aromatic heterocycles. The Balaban J connectivity index is 1.38. The Kier molecular flexibility index (Phi) is 3.54. The zero-order valence-corrected chi connectivity index (χ0v) is 14.9. The minimum Gasteiger partial charge on any atom is -0.479 e. The van der Waals surface area contributed by atoms with Gasteiger partial charge in [-0.05, 0) is 47.4 Å². The van der Waals surface area contributed by atoms with Gasteiger partial charge in [0.25, 0.3) is 0 Å². The molecule has 5 nitrogen and oxygen atoms in total. The number of aliphatic carboxylic acids is 1. The zero-order valence-electron chi connectivity index (χ0n) is 14.9. The quantitative estimate of drug-likeness (QED) is 0.899. The third kappa shape index (κ3) is 2.17. The smallest absolute Gasteiger partial charge is 0.410 e. The number of nitrogens with zero attached hydrogens (tertiary/aromatic N) is 1. The van der Waals surface area contributed by atoms with Gasteiger partial charge in [-0.15, -0.1) is 0 Å². The third-order valence-corrected chi connectivity index (χ3v) is 6.66. The molecule has 1 aliphatic heterocycles. The largest absolute Gasteiger partial charge is 0.479 e. The van der Waals surface area contributed by atoms with Crippen LogP contribution in [-0.4, -0.2) is 40.8 Å². The number of carboxylic acids is 1. The molecular formula is C22H21NO4. The van der Waals surface area contributed by atoms with Gasteiger partial charge in [-0.3, -0.25) is 4.90 Å². The van der Waals surface area contributed by atoms with Crippen LogP contribution in [0.4, 0.5) is 4.79 Å². The van der Waals surface area contributed by atoms with Crippen molar-refractivity contribution in [3.05, 3.63) is 59.7 Å². The number of ether oxygens (including phenoxy) is 1. The molecule has 2 aliphatic carbocycles. The van der Waals surface area contributed by atoms with Crippen molar-refractivity contribution in [1.82, 2.24) is 4.90 Å². The molecule has 1 saturated carbocycles. The van der Waals surface area contributed by atoms with Gasteiger partial charge in [0, 0.05) is 12.5 Å². The van der Waals surface area contributed by atoms with E-state index in [4.69, 9.17) is 4.74 Å². The van der Waals surface area contributed by atoms with Crippen molar-refractivity contribution in [2.24, 2.45) is 5.92 Å². The Labute approximate surface area is 157 Å². The number of amides is 1. The lowest BCUT2D eigenvalue weighted by Crippen LogP contribution is -2.61. The number of hydrogen-bond acceptors (Lipinski definition) is 3. The first-order valence-corrected chi connectivity index (χ1v) is 9.49. The highest BCUT2D eigenvalue weighted by Gasteiger charge is 2.62. The summed E-state index contributed by atoms with van der Waals surface area (Å²) in [6.07, 6.45) is 1.65. The average Bonchev–Trinajstić information content (AvgIpc) is 3.12. The van der Waals surface area contributed by atoms with Gasteiger partial charge in [0.2, 0.25) is 0 Å². The molecule has 1 saturated heterocycles. The van der Waals surface area contributed by atoms with E-state index < -0.39 is 17.6 Å². The van der Waals surface area contributed by atoms with E-state index in [0.717, 1.165) is 24.0 Å². The standard InChI is InChI=1S/C22H21NO4/c24-20(25)22-11-9-14(22)10-12-23(22)21(26)27-13-19-17-7-3-1-5-15(17)16-6-2-4-8-18(16)19/h1-8,14,19H,9-13H2,(H,24,25)/t14-,22-/m0/s1. The van der Waals surface area contributed by atoms with Gasteiger partial charge in [-0.25, -0.2) is 9.59 Å². The van der Waals surface area contributed by atoms with E-state index in [1.165, 1.54) is 16.0 Å². The van der Waals surface area contributed by atoms with Crippen LogP contribution in [0.2, 0.25) is 0 Å². The van der Waals surface area contributed by atoms with E-state index in [1.54, 1.807) is 0 Å². The monoisotopic (exact) mass is 363 g/mol. The minimum atomic E-state index is -1.04. The number of hydrogen-bond donors (Lipinski definition) is 1. The Hall–Kier alpha value is -2.82. The van der Waals surface area contributed by atoms with Gasteiger partial charge in [0.1, 0.15) is 12.1 Å². The molecule has 0 bridgehead atoms. The van der Waals surface area contributed by atoms with Crippen molar-refractivity contribution < 1.29 is 19.4 Å². The van der Waals surface area contributed by atoms with Crippen LogP contribution in [0.25, 0.3) is 11.1 Å². The molecule has 0 unspecified atom stereocenters. The van der Waals surface area contributed by atoms with Crippen molar-refractivity contribution in [3.8, 4) is 11.1 Å². The fraction of sp³-hybridized carbons (Fsp3) is 0.364. The summed E-state index contributed by atoms with van der Waals surface area (Å²) in [6.45, 7) is 0.692. The van der Waals surface area contributed by atoms with Crippen molar-refractivity contribution in [1.29, 1.82) is 0 Å². The molecule has 2 fully saturated rings. The number of likely N-dealkylation sites (tertiary alicyclic amines) is 1. The fourth-order valence-corrected chi connectivity index (χ4v) is 5.17. The van der Waals surface area contributed by atoms with Gasteiger partial charge in [-0.1, -0.05) is 48.5 Å². The number of rotatable bonds is 3. The van der Waals surface area contributed by atoms with Crippen molar-refractivity contribution in [2.45, 2.75) is 30.7 Å². The normalized spacial score (nSPS) is 25.3. The van der Waals surface area contributed by atoms with Gasteiger partial charge in [-0.2, -0.15) is 0 Å². The van der Waals surface area contributed by atoms with E-state index in [9.17, 15) is 14.7 Å². The predicted octanol–water partition coefficient (Wildman–Crippen LogP) is 3.87. The molecule has 0 spiro atoms. The summed E-state index contributed by atoms with van der Waals surface area (Å²) < 4.78 is 5.68. The van der Waals surface area contributed by atoms with E-state index in [2.05, 4.69) is 24.3 Å².